The zero-order valence-electron chi connectivity index (χ0n) is 13.2. The number of nitrogens with one attached hydrogen (secondary N) is 1. The Morgan fingerprint density at radius 3 is 2.50 bits per heavy atom. The highest BCUT2D eigenvalue weighted by Crippen LogP contribution is 2.43. The maximum atomic E-state index is 3.87. The van der Waals surface area contributed by atoms with Crippen molar-refractivity contribution in [2.75, 3.05) is 13.1 Å². The fourth-order valence-corrected chi connectivity index (χ4v) is 3.54. The molecule has 0 bridgehead atoms. The van der Waals surface area contributed by atoms with Crippen LogP contribution in [0.1, 0.15) is 45.6 Å². The second kappa shape index (κ2) is 5.16. The average molecular weight is 272 g/mol. The molecule has 0 aromatic heterocycles. The lowest BCUT2D eigenvalue weighted by atomic mass is 9.84. The van der Waals surface area contributed by atoms with Crippen LogP contribution in [0.2, 0.25) is 0 Å². The van der Waals surface area contributed by atoms with Crippen LogP contribution in [0.3, 0.4) is 0 Å². The Labute approximate surface area is 123 Å². The molecule has 2 fully saturated rings. The predicted molar refractivity (Wildman–Crippen MR) is 84.7 cm³/mol. The highest BCUT2D eigenvalue weighted by atomic mass is 15.3. The number of nitrogens with zero attached hydrogens (tertiary/aromatic N) is 1. The standard InChI is InChI=1S/C18H28N2/c1-4-17(2)13-19-18(3,16-10-11-16)14-20(17)12-15-8-6-5-7-9-15/h5-9,16,19H,4,10-14H2,1-3H3. The van der Waals surface area contributed by atoms with Gasteiger partial charge in [0.15, 0.2) is 0 Å². The van der Waals surface area contributed by atoms with Crippen LogP contribution < -0.4 is 5.32 Å². The van der Waals surface area contributed by atoms with Crippen molar-refractivity contribution < 1.29 is 0 Å². The minimum absolute atomic E-state index is 0.282. The summed E-state index contributed by atoms with van der Waals surface area (Å²) in [5.74, 6) is 0.891. The molecular weight excluding hydrogens is 244 g/mol. The van der Waals surface area contributed by atoms with Gasteiger partial charge in [-0.2, -0.15) is 0 Å². The van der Waals surface area contributed by atoms with E-state index in [-0.39, 0.29) is 5.54 Å². The number of benzene rings is 1. The summed E-state index contributed by atoms with van der Waals surface area (Å²) in [6.07, 6.45) is 4.02. The van der Waals surface area contributed by atoms with Crippen molar-refractivity contribution in [1.29, 1.82) is 0 Å². The highest BCUT2D eigenvalue weighted by molar-refractivity contribution is 5.16. The monoisotopic (exact) mass is 272 g/mol. The van der Waals surface area contributed by atoms with E-state index >= 15 is 0 Å². The molecule has 2 heteroatoms. The maximum Gasteiger partial charge on any atom is 0.0309 e. The van der Waals surface area contributed by atoms with Crippen LogP contribution in [-0.4, -0.2) is 29.1 Å². The summed E-state index contributed by atoms with van der Waals surface area (Å²) in [7, 11) is 0. The van der Waals surface area contributed by atoms with Crippen molar-refractivity contribution in [2.24, 2.45) is 5.92 Å². The molecule has 1 heterocycles. The molecule has 1 aliphatic carbocycles. The minimum Gasteiger partial charge on any atom is -0.308 e. The number of rotatable bonds is 4. The third-order valence-electron chi connectivity index (χ3n) is 5.61. The van der Waals surface area contributed by atoms with Gasteiger partial charge in [0.05, 0.1) is 0 Å². The molecule has 0 radical (unpaired) electrons. The van der Waals surface area contributed by atoms with Gasteiger partial charge in [-0.3, -0.25) is 4.90 Å². The molecule has 1 saturated heterocycles. The van der Waals surface area contributed by atoms with E-state index in [2.05, 4.69) is 61.3 Å². The van der Waals surface area contributed by atoms with E-state index in [4.69, 9.17) is 0 Å². The van der Waals surface area contributed by atoms with Crippen LogP contribution in [0.4, 0.5) is 0 Å². The third kappa shape index (κ3) is 2.64. The van der Waals surface area contributed by atoms with E-state index < -0.39 is 0 Å². The molecule has 1 aromatic carbocycles. The topological polar surface area (TPSA) is 15.3 Å². The van der Waals surface area contributed by atoms with E-state index in [1.165, 1.54) is 31.4 Å². The smallest absolute Gasteiger partial charge is 0.0309 e. The lowest BCUT2D eigenvalue weighted by Gasteiger charge is -2.52. The average Bonchev–Trinajstić information content (AvgIpc) is 3.29. The molecule has 2 nitrogen and oxygen atoms in total. The summed E-state index contributed by atoms with van der Waals surface area (Å²) in [5.41, 5.74) is 2.04. The summed E-state index contributed by atoms with van der Waals surface area (Å²) in [6.45, 7) is 10.5. The quantitative estimate of drug-likeness (QED) is 0.903. The second-order valence-electron chi connectivity index (χ2n) is 7.24. The van der Waals surface area contributed by atoms with Crippen molar-refractivity contribution in [3.63, 3.8) is 0 Å². The predicted octanol–water partition coefficient (Wildman–Crippen LogP) is 3.43. The Kier molecular flexibility index (Phi) is 3.64. The summed E-state index contributed by atoms with van der Waals surface area (Å²) in [5, 5.41) is 3.87. The fraction of sp³-hybridized carbons (Fsp3) is 0.667. The van der Waals surface area contributed by atoms with Gasteiger partial charge in [0, 0.05) is 30.7 Å². The Hall–Kier alpha value is -0.860. The Balaban J connectivity index is 1.79. The Morgan fingerprint density at radius 1 is 1.20 bits per heavy atom. The molecule has 0 amide bonds. The number of piperazine rings is 1. The summed E-state index contributed by atoms with van der Waals surface area (Å²) < 4.78 is 0. The normalized spacial score (nSPS) is 35.1. The van der Waals surface area contributed by atoms with Gasteiger partial charge in [-0.25, -0.2) is 0 Å². The van der Waals surface area contributed by atoms with Crippen LogP contribution >= 0.6 is 0 Å². The first-order chi connectivity index (χ1) is 9.56. The second-order valence-corrected chi connectivity index (χ2v) is 7.24. The molecule has 1 N–H and O–H groups in total. The van der Waals surface area contributed by atoms with Gasteiger partial charge in [0.25, 0.3) is 0 Å². The SMILES string of the molecule is CCC1(C)CNC(C)(C2CC2)CN1Cc1ccccc1. The first-order valence-corrected chi connectivity index (χ1v) is 8.10. The molecule has 2 atom stereocenters. The first-order valence-electron chi connectivity index (χ1n) is 8.10. The largest absolute Gasteiger partial charge is 0.308 e. The van der Waals surface area contributed by atoms with Crippen molar-refractivity contribution >= 4 is 0 Å². The van der Waals surface area contributed by atoms with Gasteiger partial charge >= 0.3 is 0 Å². The molecule has 2 unspecified atom stereocenters. The van der Waals surface area contributed by atoms with Gasteiger partial charge in [0.2, 0.25) is 0 Å². The van der Waals surface area contributed by atoms with Gasteiger partial charge < -0.3 is 5.32 Å². The lowest BCUT2D eigenvalue weighted by Crippen LogP contribution is -2.68. The summed E-state index contributed by atoms with van der Waals surface area (Å²) in [4.78, 5) is 2.72. The highest BCUT2D eigenvalue weighted by Gasteiger charge is 2.48. The number of hydrogen-bond acceptors (Lipinski definition) is 2. The van der Waals surface area contributed by atoms with E-state index in [0.29, 0.717) is 5.54 Å². The van der Waals surface area contributed by atoms with Crippen LogP contribution in [0.5, 0.6) is 0 Å². The van der Waals surface area contributed by atoms with Crippen molar-refractivity contribution in [2.45, 2.75) is 57.7 Å². The van der Waals surface area contributed by atoms with Gasteiger partial charge in [-0.05, 0) is 44.6 Å². The van der Waals surface area contributed by atoms with Gasteiger partial charge in [-0.15, -0.1) is 0 Å². The van der Waals surface area contributed by atoms with Crippen LogP contribution in [-0.2, 0) is 6.54 Å². The first kappa shape index (κ1) is 14.1. The summed E-state index contributed by atoms with van der Waals surface area (Å²) >= 11 is 0. The molecule has 20 heavy (non-hydrogen) atoms. The molecule has 1 aromatic rings. The molecular formula is C18H28N2. The molecule has 1 saturated carbocycles. The summed E-state index contributed by atoms with van der Waals surface area (Å²) in [6, 6.07) is 10.9. The lowest BCUT2D eigenvalue weighted by molar-refractivity contribution is 0.00425. The van der Waals surface area contributed by atoms with Crippen molar-refractivity contribution in [3.05, 3.63) is 35.9 Å². The number of hydrogen-bond donors (Lipinski definition) is 1. The van der Waals surface area contributed by atoms with Crippen molar-refractivity contribution in [1.82, 2.24) is 10.2 Å². The Bertz CT molecular complexity index is 454. The van der Waals surface area contributed by atoms with Crippen molar-refractivity contribution in [3.8, 4) is 0 Å². The van der Waals surface area contributed by atoms with Crippen LogP contribution in [0.25, 0.3) is 0 Å². The van der Waals surface area contributed by atoms with E-state index in [1.807, 2.05) is 0 Å². The van der Waals surface area contributed by atoms with Crippen LogP contribution in [0.15, 0.2) is 30.3 Å². The zero-order chi connectivity index (χ0) is 14.2. The van der Waals surface area contributed by atoms with Crippen LogP contribution in [0, 0.1) is 5.92 Å². The fourth-order valence-electron chi connectivity index (χ4n) is 3.54. The third-order valence-corrected chi connectivity index (χ3v) is 5.61. The molecule has 2 aliphatic rings. The van der Waals surface area contributed by atoms with Gasteiger partial charge in [0.1, 0.15) is 0 Å². The van der Waals surface area contributed by atoms with E-state index in [9.17, 15) is 0 Å². The molecule has 1 aliphatic heterocycles. The minimum atomic E-state index is 0.282. The molecule has 0 spiro atoms. The van der Waals surface area contributed by atoms with E-state index in [1.54, 1.807) is 0 Å². The molecule has 110 valence electrons. The molecule has 3 rings (SSSR count). The maximum absolute atomic E-state index is 3.87. The zero-order valence-corrected chi connectivity index (χ0v) is 13.2. The Morgan fingerprint density at radius 2 is 1.90 bits per heavy atom. The van der Waals surface area contributed by atoms with Gasteiger partial charge in [-0.1, -0.05) is 37.3 Å². The van der Waals surface area contributed by atoms with E-state index in [0.717, 1.165) is 19.0 Å².